The second-order valence-electron chi connectivity index (χ2n) is 9.26. The van der Waals surface area contributed by atoms with Crippen molar-refractivity contribution >= 4 is 24.8 Å². The SMILES string of the molecule is COC1C(OC(=O)NC2CCC(NC(=O)CNS)CC2)CCC2(CO2)C1CC=C(C)C. The van der Waals surface area contributed by atoms with Gasteiger partial charge >= 0.3 is 6.09 Å². The highest BCUT2D eigenvalue weighted by Crippen LogP contribution is 2.49. The molecule has 4 unspecified atom stereocenters. The van der Waals surface area contributed by atoms with E-state index in [9.17, 15) is 9.59 Å². The molecule has 0 aromatic heterocycles. The summed E-state index contributed by atoms with van der Waals surface area (Å²) in [5, 5.41) is 6.00. The van der Waals surface area contributed by atoms with E-state index in [0.29, 0.717) is 0 Å². The van der Waals surface area contributed by atoms with Crippen molar-refractivity contribution in [1.29, 1.82) is 0 Å². The third kappa shape index (κ3) is 6.60. The molecule has 3 rings (SSSR count). The van der Waals surface area contributed by atoms with Gasteiger partial charge in [0.05, 0.1) is 18.8 Å². The van der Waals surface area contributed by atoms with Gasteiger partial charge in [-0.3, -0.25) is 9.52 Å². The lowest BCUT2D eigenvalue weighted by molar-refractivity contribution is -0.120. The minimum atomic E-state index is -0.382. The van der Waals surface area contributed by atoms with Crippen molar-refractivity contribution in [3.63, 3.8) is 0 Å². The number of hydrogen-bond acceptors (Lipinski definition) is 7. The highest BCUT2D eigenvalue weighted by Gasteiger charge is 2.58. The van der Waals surface area contributed by atoms with Gasteiger partial charge in [0.1, 0.15) is 12.2 Å². The first-order valence-corrected chi connectivity index (χ1v) is 11.7. The molecule has 2 aliphatic carbocycles. The fourth-order valence-corrected chi connectivity index (χ4v) is 5.11. The van der Waals surface area contributed by atoms with E-state index in [1.807, 2.05) is 0 Å². The number of alkyl carbamates (subject to hydrolysis) is 1. The average Bonchev–Trinajstić information content (AvgIpc) is 3.50. The molecule has 1 aliphatic heterocycles. The van der Waals surface area contributed by atoms with Gasteiger partial charge in [0.2, 0.25) is 5.91 Å². The Morgan fingerprint density at radius 3 is 2.32 bits per heavy atom. The minimum absolute atomic E-state index is 0.0613. The van der Waals surface area contributed by atoms with Gasteiger partial charge in [-0.25, -0.2) is 4.79 Å². The number of allylic oxidation sites excluding steroid dienone is 2. The molecule has 8 nitrogen and oxygen atoms in total. The topological polar surface area (TPSA) is 101 Å². The van der Waals surface area contributed by atoms with E-state index in [1.54, 1.807) is 7.11 Å². The Kier molecular flexibility index (Phi) is 8.66. The van der Waals surface area contributed by atoms with Crippen LogP contribution in [0, 0.1) is 5.92 Å². The van der Waals surface area contributed by atoms with E-state index < -0.39 is 0 Å². The average molecular weight is 456 g/mol. The maximum atomic E-state index is 12.6. The van der Waals surface area contributed by atoms with Crippen molar-refractivity contribution in [2.24, 2.45) is 5.92 Å². The number of epoxide rings is 1. The Bertz CT molecular complexity index is 658. The molecule has 2 saturated carbocycles. The van der Waals surface area contributed by atoms with Crippen molar-refractivity contribution in [1.82, 2.24) is 15.4 Å². The van der Waals surface area contributed by atoms with Crippen LogP contribution >= 0.6 is 12.8 Å². The standard InChI is InChI=1S/C22H37N3O5S/c1-14(2)4-9-17-20(28-3)18(10-11-22(17)13-29-22)30-21(27)25-16-7-5-15(6-8-16)24-19(26)12-23-31/h4,15-18,20,23,31H,5-13H2,1-3H3,(H,24,26)(H,25,27). The summed E-state index contributed by atoms with van der Waals surface area (Å²) in [6, 6.07) is 0.206. The molecule has 31 heavy (non-hydrogen) atoms. The summed E-state index contributed by atoms with van der Waals surface area (Å²) in [7, 11) is 1.69. The highest BCUT2D eigenvalue weighted by atomic mass is 32.1. The van der Waals surface area contributed by atoms with Crippen LogP contribution in [0.1, 0.15) is 58.8 Å². The fraction of sp³-hybridized carbons (Fsp3) is 0.818. The summed E-state index contributed by atoms with van der Waals surface area (Å²) >= 11 is 3.85. The Hall–Kier alpha value is -1.29. The van der Waals surface area contributed by atoms with Crippen LogP contribution in [0.2, 0.25) is 0 Å². The number of thiol groups is 1. The molecule has 0 aromatic rings. The molecule has 2 amide bonds. The predicted octanol–water partition coefficient (Wildman–Crippen LogP) is 2.49. The number of nitrogens with one attached hydrogen (secondary N) is 3. The molecule has 0 aromatic carbocycles. The third-order valence-corrected chi connectivity index (χ3v) is 6.93. The van der Waals surface area contributed by atoms with Gasteiger partial charge in [-0.15, -0.1) is 0 Å². The zero-order chi connectivity index (χ0) is 22.4. The smallest absolute Gasteiger partial charge is 0.407 e. The minimum Gasteiger partial charge on any atom is -0.443 e. The van der Waals surface area contributed by atoms with Crippen LogP contribution in [0.25, 0.3) is 0 Å². The second kappa shape index (κ2) is 11.0. The largest absolute Gasteiger partial charge is 0.443 e. The molecule has 3 N–H and O–H groups in total. The van der Waals surface area contributed by atoms with Gasteiger partial charge in [0.15, 0.2) is 0 Å². The maximum Gasteiger partial charge on any atom is 0.407 e. The molecule has 1 spiro atoms. The van der Waals surface area contributed by atoms with Crippen molar-refractivity contribution < 1.29 is 23.8 Å². The zero-order valence-electron chi connectivity index (χ0n) is 18.8. The number of methoxy groups -OCH3 is 1. The highest BCUT2D eigenvalue weighted by molar-refractivity contribution is 7.78. The fourth-order valence-electron chi connectivity index (χ4n) is 4.97. The third-order valence-electron chi connectivity index (χ3n) is 6.77. The van der Waals surface area contributed by atoms with Crippen LogP contribution in [-0.2, 0) is 19.0 Å². The van der Waals surface area contributed by atoms with Crippen LogP contribution in [0.4, 0.5) is 4.79 Å². The number of amides is 2. The van der Waals surface area contributed by atoms with Crippen LogP contribution in [-0.4, -0.2) is 62.2 Å². The first-order valence-electron chi connectivity index (χ1n) is 11.3. The predicted molar refractivity (Wildman–Crippen MR) is 121 cm³/mol. The summed E-state index contributed by atoms with van der Waals surface area (Å²) in [6.45, 7) is 5.13. The van der Waals surface area contributed by atoms with Crippen molar-refractivity contribution in [3.8, 4) is 0 Å². The van der Waals surface area contributed by atoms with Gasteiger partial charge < -0.3 is 24.8 Å². The van der Waals surface area contributed by atoms with Crippen molar-refractivity contribution in [2.45, 2.75) is 88.7 Å². The molecule has 3 aliphatic rings. The molecular formula is C22H37N3O5S. The number of hydrogen-bond donors (Lipinski definition) is 4. The summed E-state index contributed by atoms with van der Waals surface area (Å²) < 4.78 is 20.1. The molecule has 0 radical (unpaired) electrons. The number of rotatable bonds is 8. The molecule has 4 atom stereocenters. The van der Waals surface area contributed by atoms with Crippen molar-refractivity contribution in [3.05, 3.63) is 11.6 Å². The first-order chi connectivity index (χ1) is 14.9. The van der Waals surface area contributed by atoms with E-state index in [2.05, 4.69) is 48.1 Å². The van der Waals surface area contributed by atoms with Crippen molar-refractivity contribution in [2.75, 3.05) is 20.3 Å². The summed E-state index contributed by atoms with van der Waals surface area (Å²) in [5.41, 5.74) is 1.15. The summed E-state index contributed by atoms with van der Waals surface area (Å²) in [6.07, 6.45) is 7.16. The van der Waals surface area contributed by atoms with E-state index in [1.165, 1.54) is 5.57 Å². The van der Waals surface area contributed by atoms with Gasteiger partial charge in [-0.05, 0) is 58.8 Å². The van der Waals surface area contributed by atoms with Gasteiger partial charge in [-0.1, -0.05) is 24.5 Å². The first kappa shape index (κ1) is 24.4. The molecule has 9 heteroatoms. The lowest BCUT2D eigenvalue weighted by Crippen LogP contribution is -2.51. The summed E-state index contributed by atoms with van der Waals surface area (Å²) in [5.74, 6) is 0.124. The molecule has 1 saturated heterocycles. The van der Waals surface area contributed by atoms with Crippen LogP contribution in [0.5, 0.6) is 0 Å². The molecule has 176 valence electrons. The summed E-state index contributed by atoms with van der Waals surface area (Å²) in [4.78, 5) is 24.3. The Labute approximate surface area is 190 Å². The van der Waals surface area contributed by atoms with E-state index in [4.69, 9.17) is 14.2 Å². The van der Waals surface area contributed by atoms with Gasteiger partial charge in [0, 0.05) is 25.1 Å². The lowest BCUT2D eigenvalue weighted by atomic mass is 9.73. The lowest BCUT2D eigenvalue weighted by Gasteiger charge is -2.40. The van der Waals surface area contributed by atoms with E-state index >= 15 is 0 Å². The number of carbonyl (C=O) groups excluding carboxylic acids is 2. The number of carbonyl (C=O) groups is 2. The van der Waals surface area contributed by atoms with Gasteiger partial charge in [-0.2, -0.15) is 0 Å². The zero-order valence-corrected chi connectivity index (χ0v) is 19.7. The quantitative estimate of drug-likeness (QED) is 0.255. The Morgan fingerprint density at radius 1 is 1.13 bits per heavy atom. The molecule has 1 heterocycles. The Morgan fingerprint density at radius 2 is 1.77 bits per heavy atom. The van der Waals surface area contributed by atoms with Crippen LogP contribution in [0.15, 0.2) is 11.6 Å². The monoisotopic (exact) mass is 455 g/mol. The van der Waals surface area contributed by atoms with E-state index in [0.717, 1.165) is 51.6 Å². The Balaban J connectivity index is 1.47. The molecule has 0 bridgehead atoms. The number of ether oxygens (including phenoxy) is 3. The van der Waals surface area contributed by atoms with Gasteiger partial charge in [0.25, 0.3) is 0 Å². The normalized spacial score (nSPS) is 34.6. The second-order valence-corrected chi connectivity index (χ2v) is 9.57. The maximum absolute atomic E-state index is 12.6. The molecule has 3 fully saturated rings. The van der Waals surface area contributed by atoms with Crippen LogP contribution in [0.3, 0.4) is 0 Å². The van der Waals surface area contributed by atoms with Crippen LogP contribution < -0.4 is 15.4 Å². The molecular weight excluding hydrogens is 418 g/mol. The van der Waals surface area contributed by atoms with E-state index in [-0.39, 0.29) is 54.4 Å².